The molecule has 0 radical (unpaired) electrons. The van der Waals surface area contributed by atoms with Crippen LogP contribution in [0.5, 0.6) is 0 Å². The number of aryl methyl sites for hydroxylation is 3. The SMILES string of the molecule is Cc1nc2ccccc2n1CCC(=O)N[C@@H](c1nccn1C)C(C)C. The second kappa shape index (κ2) is 7.09. The molecule has 2 aromatic heterocycles. The molecule has 2 heterocycles. The average molecular weight is 339 g/mol. The van der Waals surface area contributed by atoms with Gasteiger partial charge in [-0.3, -0.25) is 4.79 Å². The van der Waals surface area contributed by atoms with Crippen molar-refractivity contribution in [3.05, 3.63) is 48.3 Å². The van der Waals surface area contributed by atoms with E-state index in [-0.39, 0.29) is 17.9 Å². The number of hydrogen-bond acceptors (Lipinski definition) is 3. The molecular formula is C19H25N5O. The average Bonchev–Trinajstić information content (AvgIpc) is 3.13. The quantitative estimate of drug-likeness (QED) is 0.751. The van der Waals surface area contributed by atoms with Crippen molar-refractivity contribution in [2.24, 2.45) is 13.0 Å². The third-order valence-electron chi connectivity index (χ3n) is 4.53. The maximum absolute atomic E-state index is 12.5. The van der Waals surface area contributed by atoms with Gasteiger partial charge in [0.1, 0.15) is 11.6 Å². The number of imidazole rings is 2. The summed E-state index contributed by atoms with van der Waals surface area (Å²) in [5.41, 5.74) is 2.03. The van der Waals surface area contributed by atoms with Crippen LogP contribution in [-0.4, -0.2) is 25.0 Å². The van der Waals surface area contributed by atoms with Gasteiger partial charge in [0.15, 0.2) is 0 Å². The predicted octanol–water partition coefficient (Wildman–Crippen LogP) is 2.98. The number of para-hydroxylation sites is 2. The molecule has 0 unspecified atom stereocenters. The smallest absolute Gasteiger partial charge is 0.222 e. The zero-order valence-corrected chi connectivity index (χ0v) is 15.2. The van der Waals surface area contributed by atoms with Gasteiger partial charge in [-0.25, -0.2) is 9.97 Å². The normalized spacial score (nSPS) is 12.7. The first-order chi connectivity index (χ1) is 12.0. The van der Waals surface area contributed by atoms with Crippen molar-refractivity contribution in [3.8, 4) is 0 Å². The van der Waals surface area contributed by atoms with E-state index in [4.69, 9.17) is 0 Å². The second-order valence-electron chi connectivity index (χ2n) is 6.73. The number of nitrogens with zero attached hydrogens (tertiary/aromatic N) is 4. The van der Waals surface area contributed by atoms with E-state index in [1.807, 2.05) is 49.0 Å². The molecule has 0 aliphatic heterocycles. The molecule has 1 N–H and O–H groups in total. The van der Waals surface area contributed by atoms with Crippen molar-refractivity contribution < 1.29 is 4.79 Å². The Morgan fingerprint density at radius 2 is 2.04 bits per heavy atom. The number of nitrogens with one attached hydrogen (secondary N) is 1. The Bertz CT molecular complexity index is 877. The number of amides is 1. The van der Waals surface area contributed by atoms with Crippen molar-refractivity contribution in [2.45, 2.75) is 39.8 Å². The molecule has 0 aliphatic carbocycles. The minimum atomic E-state index is -0.0897. The Hall–Kier alpha value is -2.63. The summed E-state index contributed by atoms with van der Waals surface area (Å²) in [6, 6.07) is 7.92. The molecule has 1 aromatic carbocycles. The highest BCUT2D eigenvalue weighted by molar-refractivity contribution is 5.78. The lowest BCUT2D eigenvalue weighted by Crippen LogP contribution is -2.34. The van der Waals surface area contributed by atoms with E-state index in [2.05, 4.69) is 33.7 Å². The van der Waals surface area contributed by atoms with Crippen molar-refractivity contribution in [2.75, 3.05) is 0 Å². The van der Waals surface area contributed by atoms with Gasteiger partial charge in [0, 0.05) is 32.4 Å². The van der Waals surface area contributed by atoms with Crippen molar-refractivity contribution in [3.63, 3.8) is 0 Å². The van der Waals surface area contributed by atoms with Crippen molar-refractivity contribution in [1.29, 1.82) is 0 Å². The maximum atomic E-state index is 12.5. The van der Waals surface area contributed by atoms with E-state index in [1.54, 1.807) is 6.20 Å². The Labute approximate surface area is 147 Å². The van der Waals surface area contributed by atoms with Gasteiger partial charge in [0.2, 0.25) is 5.91 Å². The van der Waals surface area contributed by atoms with Crippen molar-refractivity contribution in [1.82, 2.24) is 24.4 Å². The molecule has 6 heteroatoms. The zero-order valence-electron chi connectivity index (χ0n) is 15.2. The summed E-state index contributed by atoms with van der Waals surface area (Å²) in [7, 11) is 1.95. The summed E-state index contributed by atoms with van der Waals surface area (Å²) in [6.45, 7) is 6.77. The van der Waals surface area contributed by atoms with Crippen LogP contribution < -0.4 is 5.32 Å². The molecule has 3 rings (SSSR count). The third kappa shape index (κ3) is 3.57. The Morgan fingerprint density at radius 1 is 1.28 bits per heavy atom. The van der Waals surface area contributed by atoms with Gasteiger partial charge in [-0.05, 0) is 25.0 Å². The van der Waals surface area contributed by atoms with E-state index < -0.39 is 0 Å². The molecule has 6 nitrogen and oxygen atoms in total. The lowest BCUT2D eigenvalue weighted by atomic mass is 10.0. The first-order valence-electron chi connectivity index (χ1n) is 8.66. The molecule has 1 atom stereocenters. The summed E-state index contributed by atoms with van der Waals surface area (Å²) < 4.78 is 4.05. The minimum absolute atomic E-state index is 0.0267. The van der Waals surface area contributed by atoms with Crippen LogP contribution >= 0.6 is 0 Å². The highest BCUT2D eigenvalue weighted by Crippen LogP contribution is 2.20. The Balaban J connectivity index is 1.69. The van der Waals surface area contributed by atoms with E-state index in [1.165, 1.54) is 0 Å². The Kier molecular flexibility index (Phi) is 4.88. The molecule has 3 aromatic rings. The molecule has 0 saturated carbocycles. The summed E-state index contributed by atoms with van der Waals surface area (Å²) in [6.07, 6.45) is 4.07. The predicted molar refractivity (Wildman–Crippen MR) is 98.0 cm³/mol. The molecule has 0 fully saturated rings. The fourth-order valence-corrected chi connectivity index (χ4v) is 3.14. The van der Waals surface area contributed by atoms with E-state index in [0.29, 0.717) is 13.0 Å². The summed E-state index contributed by atoms with van der Waals surface area (Å²) in [5.74, 6) is 2.10. The maximum Gasteiger partial charge on any atom is 0.222 e. The number of carbonyl (C=O) groups excluding carboxylic acids is 1. The van der Waals surface area contributed by atoms with Crippen LogP contribution in [0.15, 0.2) is 36.7 Å². The van der Waals surface area contributed by atoms with Crippen molar-refractivity contribution >= 4 is 16.9 Å². The fourth-order valence-electron chi connectivity index (χ4n) is 3.14. The van der Waals surface area contributed by atoms with Gasteiger partial charge in [-0.2, -0.15) is 0 Å². The van der Waals surface area contributed by atoms with Gasteiger partial charge < -0.3 is 14.5 Å². The van der Waals surface area contributed by atoms with Gasteiger partial charge in [-0.1, -0.05) is 26.0 Å². The van der Waals surface area contributed by atoms with Gasteiger partial charge in [0.05, 0.1) is 17.1 Å². The van der Waals surface area contributed by atoms with Crippen LogP contribution in [0.1, 0.15) is 38.0 Å². The first kappa shape index (κ1) is 17.2. The molecule has 1 amide bonds. The largest absolute Gasteiger partial charge is 0.346 e. The molecule has 25 heavy (non-hydrogen) atoms. The highest BCUT2D eigenvalue weighted by atomic mass is 16.1. The van der Waals surface area contributed by atoms with E-state index in [9.17, 15) is 4.79 Å². The number of aromatic nitrogens is 4. The zero-order chi connectivity index (χ0) is 18.0. The monoisotopic (exact) mass is 339 g/mol. The Morgan fingerprint density at radius 3 is 2.72 bits per heavy atom. The number of hydrogen-bond donors (Lipinski definition) is 1. The standard InChI is InChI=1S/C19H25N5O/c1-13(2)18(19-20-10-12-23(19)4)22-17(25)9-11-24-14(3)21-15-7-5-6-8-16(15)24/h5-8,10,12-13,18H,9,11H2,1-4H3,(H,22,25)/t18-/m1/s1. The third-order valence-corrected chi connectivity index (χ3v) is 4.53. The number of benzene rings is 1. The van der Waals surface area contributed by atoms with Crippen LogP contribution in [0.2, 0.25) is 0 Å². The lowest BCUT2D eigenvalue weighted by molar-refractivity contribution is -0.122. The number of carbonyl (C=O) groups is 1. The van der Waals surface area contributed by atoms with Gasteiger partial charge in [-0.15, -0.1) is 0 Å². The van der Waals surface area contributed by atoms with Crippen LogP contribution in [0, 0.1) is 12.8 Å². The van der Waals surface area contributed by atoms with Crippen LogP contribution in [0.3, 0.4) is 0 Å². The second-order valence-corrected chi connectivity index (χ2v) is 6.73. The summed E-state index contributed by atoms with van der Waals surface area (Å²) >= 11 is 0. The topological polar surface area (TPSA) is 64.7 Å². The van der Waals surface area contributed by atoms with Crippen LogP contribution in [0.4, 0.5) is 0 Å². The summed E-state index contributed by atoms with van der Waals surface area (Å²) in [4.78, 5) is 21.5. The van der Waals surface area contributed by atoms with Crippen LogP contribution in [-0.2, 0) is 18.4 Å². The van der Waals surface area contributed by atoms with Crippen LogP contribution in [0.25, 0.3) is 11.0 Å². The number of fused-ring (bicyclic) bond motifs is 1. The molecule has 0 spiro atoms. The van der Waals surface area contributed by atoms with E-state index in [0.717, 1.165) is 22.7 Å². The van der Waals surface area contributed by atoms with Gasteiger partial charge >= 0.3 is 0 Å². The number of rotatable bonds is 6. The van der Waals surface area contributed by atoms with E-state index >= 15 is 0 Å². The molecule has 0 aliphatic rings. The fraction of sp³-hybridized carbons (Fsp3) is 0.421. The molecular weight excluding hydrogens is 314 g/mol. The lowest BCUT2D eigenvalue weighted by Gasteiger charge is -2.22. The molecule has 0 saturated heterocycles. The van der Waals surface area contributed by atoms with Gasteiger partial charge in [0.25, 0.3) is 0 Å². The summed E-state index contributed by atoms with van der Waals surface area (Å²) in [5, 5.41) is 3.13. The minimum Gasteiger partial charge on any atom is -0.346 e. The molecule has 132 valence electrons. The first-order valence-corrected chi connectivity index (χ1v) is 8.66. The molecule has 0 bridgehead atoms. The highest BCUT2D eigenvalue weighted by Gasteiger charge is 2.22.